The first kappa shape index (κ1) is 14.8. The standard InChI is InChI=1S/C13H19ClN4O2/c1-10(2)9-20-13(19)18-7-5-17(6-8-18)12-11(14)15-3-4-16-12/h3-4,10H,5-9H2,1-2H3. The number of aromatic nitrogens is 2. The molecule has 6 nitrogen and oxygen atoms in total. The molecular formula is C13H19ClN4O2. The minimum atomic E-state index is -0.247. The van der Waals surface area contributed by atoms with Gasteiger partial charge in [0.15, 0.2) is 11.0 Å². The molecule has 1 aliphatic rings. The summed E-state index contributed by atoms with van der Waals surface area (Å²) in [7, 11) is 0. The molecule has 1 aromatic rings. The highest BCUT2D eigenvalue weighted by Gasteiger charge is 2.24. The maximum absolute atomic E-state index is 11.8. The third-order valence-electron chi connectivity index (χ3n) is 3.01. The van der Waals surface area contributed by atoms with E-state index in [0.717, 1.165) is 0 Å². The topological polar surface area (TPSA) is 58.6 Å². The van der Waals surface area contributed by atoms with E-state index in [-0.39, 0.29) is 6.09 Å². The Morgan fingerprint density at radius 2 is 1.95 bits per heavy atom. The van der Waals surface area contributed by atoms with Gasteiger partial charge in [-0.25, -0.2) is 14.8 Å². The second-order valence-electron chi connectivity index (χ2n) is 5.12. The van der Waals surface area contributed by atoms with Gasteiger partial charge in [0.2, 0.25) is 0 Å². The third-order valence-corrected chi connectivity index (χ3v) is 3.28. The van der Waals surface area contributed by atoms with E-state index >= 15 is 0 Å². The summed E-state index contributed by atoms with van der Waals surface area (Å²) >= 11 is 6.02. The van der Waals surface area contributed by atoms with Crippen molar-refractivity contribution in [1.29, 1.82) is 0 Å². The van der Waals surface area contributed by atoms with E-state index in [2.05, 4.69) is 9.97 Å². The number of ether oxygens (including phenoxy) is 1. The van der Waals surface area contributed by atoms with Gasteiger partial charge in [-0.3, -0.25) is 0 Å². The van der Waals surface area contributed by atoms with Crippen molar-refractivity contribution in [2.75, 3.05) is 37.7 Å². The third kappa shape index (κ3) is 3.72. The van der Waals surface area contributed by atoms with Crippen molar-refractivity contribution in [2.45, 2.75) is 13.8 Å². The molecule has 7 heteroatoms. The lowest BCUT2D eigenvalue weighted by Gasteiger charge is -2.34. The molecule has 2 heterocycles. The largest absolute Gasteiger partial charge is 0.449 e. The zero-order chi connectivity index (χ0) is 14.5. The van der Waals surface area contributed by atoms with E-state index < -0.39 is 0 Å². The first-order valence-electron chi connectivity index (χ1n) is 6.71. The number of piperazine rings is 1. The zero-order valence-corrected chi connectivity index (χ0v) is 12.5. The van der Waals surface area contributed by atoms with Crippen LogP contribution < -0.4 is 4.90 Å². The summed E-state index contributed by atoms with van der Waals surface area (Å²) in [6.45, 7) is 7.04. The van der Waals surface area contributed by atoms with Crippen LogP contribution in [0.4, 0.5) is 10.6 Å². The molecular weight excluding hydrogens is 280 g/mol. The van der Waals surface area contributed by atoms with E-state index in [1.165, 1.54) is 0 Å². The smallest absolute Gasteiger partial charge is 0.409 e. The van der Waals surface area contributed by atoms with Crippen molar-refractivity contribution in [3.63, 3.8) is 0 Å². The maximum atomic E-state index is 11.8. The lowest BCUT2D eigenvalue weighted by Crippen LogP contribution is -2.49. The molecule has 1 aliphatic heterocycles. The Labute approximate surface area is 123 Å². The van der Waals surface area contributed by atoms with Gasteiger partial charge >= 0.3 is 6.09 Å². The number of rotatable bonds is 3. The lowest BCUT2D eigenvalue weighted by molar-refractivity contribution is 0.0901. The van der Waals surface area contributed by atoms with Gasteiger partial charge in [0, 0.05) is 38.6 Å². The molecule has 1 saturated heterocycles. The van der Waals surface area contributed by atoms with E-state index in [1.807, 2.05) is 18.7 Å². The normalized spacial score (nSPS) is 15.6. The van der Waals surface area contributed by atoms with Crippen molar-refractivity contribution < 1.29 is 9.53 Å². The van der Waals surface area contributed by atoms with Crippen LogP contribution in [-0.4, -0.2) is 53.7 Å². The number of amides is 1. The number of carbonyl (C=O) groups excluding carboxylic acids is 1. The first-order chi connectivity index (χ1) is 9.58. The molecule has 0 bridgehead atoms. The number of nitrogens with zero attached hydrogens (tertiary/aromatic N) is 4. The fourth-order valence-electron chi connectivity index (χ4n) is 1.96. The van der Waals surface area contributed by atoms with Crippen molar-refractivity contribution in [3.05, 3.63) is 17.5 Å². The first-order valence-corrected chi connectivity index (χ1v) is 7.09. The van der Waals surface area contributed by atoms with Crippen molar-refractivity contribution >= 4 is 23.5 Å². The predicted octanol–water partition coefficient (Wildman–Crippen LogP) is 2.04. The van der Waals surface area contributed by atoms with Crippen molar-refractivity contribution in [2.24, 2.45) is 5.92 Å². The Morgan fingerprint density at radius 3 is 2.55 bits per heavy atom. The molecule has 0 N–H and O–H groups in total. The van der Waals surface area contributed by atoms with Gasteiger partial charge in [-0.1, -0.05) is 25.4 Å². The highest BCUT2D eigenvalue weighted by molar-refractivity contribution is 6.31. The van der Waals surface area contributed by atoms with Crippen LogP contribution in [0.15, 0.2) is 12.4 Å². The van der Waals surface area contributed by atoms with Crippen LogP contribution in [-0.2, 0) is 4.74 Å². The van der Waals surface area contributed by atoms with E-state index in [0.29, 0.717) is 49.7 Å². The Hall–Kier alpha value is -1.56. The van der Waals surface area contributed by atoms with Gasteiger partial charge < -0.3 is 14.5 Å². The highest BCUT2D eigenvalue weighted by atomic mass is 35.5. The fraction of sp³-hybridized carbons (Fsp3) is 0.615. The fourth-order valence-corrected chi connectivity index (χ4v) is 2.18. The number of hydrogen-bond donors (Lipinski definition) is 0. The van der Waals surface area contributed by atoms with E-state index in [1.54, 1.807) is 17.3 Å². The summed E-state index contributed by atoms with van der Waals surface area (Å²) in [5, 5.41) is 0.392. The molecule has 0 spiro atoms. The lowest BCUT2D eigenvalue weighted by atomic mass is 10.2. The number of hydrogen-bond acceptors (Lipinski definition) is 5. The van der Waals surface area contributed by atoms with Gasteiger partial charge in [-0.15, -0.1) is 0 Å². The SMILES string of the molecule is CC(C)COC(=O)N1CCN(c2nccnc2Cl)CC1. The van der Waals surface area contributed by atoms with Crippen LogP contribution in [0.5, 0.6) is 0 Å². The number of anilines is 1. The molecule has 2 rings (SSSR count). The van der Waals surface area contributed by atoms with Crippen LogP contribution >= 0.6 is 11.6 Å². The molecule has 110 valence electrons. The zero-order valence-electron chi connectivity index (χ0n) is 11.8. The quantitative estimate of drug-likeness (QED) is 0.855. The summed E-state index contributed by atoms with van der Waals surface area (Å²) in [6, 6.07) is 0. The molecule has 0 aliphatic carbocycles. The van der Waals surface area contributed by atoms with Gasteiger partial charge in [0.25, 0.3) is 0 Å². The monoisotopic (exact) mass is 298 g/mol. The Balaban J connectivity index is 1.86. The average Bonchev–Trinajstić information content (AvgIpc) is 2.45. The van der Waals surface area contributed by atoms with Crippen molar-refractivity contribution in [3.8, 4) is 0 Å². The summed E-state index contributed by atoms with van der Waals surface area (Å²) in [6.07, 6.45) is 2.93. The molecule has 0 saturated carbocycles. The summed E-state index contributed by atoms with van der Waals surface area (Å²) in [5.41, 5.74) is 0. The van der Waals surface area contributed by atoms with E-state index in [9.17, 15) is 4.79 Å². The van der Waals surface area contributed by atoms with Gasteiger partial charge in [-0.2, -0.15) is 0 Å². The second kappa shape index (κ2) is 6.74. The predicted molar refractivity (Wildman–Crippen MR) is 77.0 cm³/mol. The molecule has 1 aromatic heterocycles. The van der Waals surface area contributed by atoms with Crippen molar-refractivity contribution in [1.82, 2.24) is 14.9 Å². The van der Waals surface area contributed by atoms with Crippen LogP contribution in [0, 0.1) is 5.92 Å². The molecule has 1 amide bonds. The van der Waals surface area contributed by atoms with Crippen LogP contribution in [0.25, 0.3) is 0 Å². The second-order valence-corrected chi connectivity index (χ2v) is 5.47. The minimum Gasteiger partial charge on any atom is -0.449 e. The summed E-state index contributed by atoms with van der Waals surface area (Å²) < 4.78 is 5.22. The van der Waals surface area contributed by atoms with Gasteiger partial charge in [0.1, 0.15) is 0 Å². The summed E-state index contributed by atoms with van der Waals surface area (Å²) in [4.78, 5) is 23.8. The summed E-state index contributed by atoms with van der Waals surface area (Å²) in [5.74, 6) is 1.02. The van der Waals surface area contributed by atoms with Crippen LogP contribution in [0.3, 0.4) is 0 Å². The Morgan fingerprint density at radius 1 is 1.30 bits per heavy atom. The molecule has 1 fully saturated rings. The molecule has 0 aromatic carbocycles. The Kier molecular flexibility index (Phi) is 5.00. The van der Waals surface area contributed by atoms with Gasteiger partial charge in [0.05, 0.1) is 6.61 Å². The minimum absolute atomic E-state index is 0.247. The number of halogens is 1. The van der Waals surface area contributed by atoms with Crippen LogP contribution in [0.1, 0.15) is 13.8 Å². The number of carbonyl (C=O) groups is 1. The molecule has 0 unspecified atom stereocenters. The van der Waals surface area contributed by atoms with Gasteiger partial charge in [-0.05, 0) is 5.92 Å². The van der Waals surface area contributed by atoms with E-state index in [4.69, 9.17) is 16.3 Å². The Bertz CT molecular complexity index is 461. The molecule has 0 radical (unpaired) electrons. The molecule has 0 atom stereocenters. The maximum Gasteiger partial charge on any atom is 0.409 e. The molecule has 20 heavy (non-hydrogen) atoms. The van der Waals surface area contributed by atoms with Crippen LogP contribution in [0.2, 0.25) is 5.15 Å². The highest BCUT2D eigenvalue weighted by Crippen LogP contribution is 2.21. The average molecular weight is 299 g/mol.